The zero-order valence-electron chi connectivity index (χ0n) is 6.95. The van der Waals surface area contributed by atoms with Gasteiger partial charge in [0, 0.05) is 0 Å². The molecule has 1 aromatic heterocycles. The van der Waals surface area contributed by atoms with E-state index in [1.165, 1.54) is 12.3 Å². The molecule has 0 bridgehead atoms. The molecule has 1 rings (SSSR count). The van der Waals surface area contributed by atoms with E-state index in [2.05, 4.69) is 20.9 Å². The fourth-order valence-electron chi connectivity index (χ4n) is 0.789. The monoisotopic (exact) mass is 245 g/mol. The molecule has 0 aliphatic heterocycles. The van der Waals surface area contributed by atoms with Crippen LogP contribution in [0.25, 0.3) is 0 Å². The van der Waals surface area contributed by atoms with Crippen molar-refractivity contribution in [2.24, 2.45) is 0 Å². The summed E-state index contributed by atoms with van der Waals surface area (Å²) in [6.45, 7) is 2.00. The summed E-state index contributed by atoms with van der Waals surface area (Å²) in [5, 5.41) is 9.06. The number of rotatable bonds is 2. The second-order valence-corrected chi connectivity index (χ2v) is 3.00. The number of carbonyl (C=O) groups is 1. The van der Waals surface area contributed by atoms with Gasteiger partial charge in [0.2, 0.25) is 0 Å². The van der Waals surface area contributed by atoms with E-state index in [-0.39, 0.29) is 11.3 Å². The first-order chi connectivity index (χ1) is 6.15. The first kappa shape index (κ1) is 9.98. The molecule has 70 valence electrons. The Bertz CT molecular complexity index is 327. The van der Waals surface area contributed by atoms with Crippen LogP contribution in [0.5, 0.6) is 5.75 Å². The van der Waals surface area contributed by atoms with E-state index in [9.17, 15) is 4.79 Å². The van der Waals surface area contributed by atoms with Crippen molar-refractivity contribution >= 4 is 21.9 Å². The third kappa shape index (κ3) is 2.42. The molecule has 0 aliphatic rings. The Morgan fingerprint density at radius 2 is 2.46 bits per heavy atom. The van der Waals surface area contributed by atoms with Crippen LogP contribution in [0.1, 0.15) is 17.3 Å². The summed E-state index contributed by atoms with van der Waals surface area (Å²) in [5.41, 5.74) is 0.224. The standard InChI is InChI=1S/C8H8BrNO3/c1-2-13-8(12)6-3-5(11)4-10-7(6)9/h3-4,11H,2H2,1H3. The van der Waals surface area contributed by atoms with Crippen molar-refractivity contribution in [1.82, 2.24) is 4.98 Å². The number of halogens is 1. The van der Waals surface area contributed by atoms with Gasteiger partial charge in [0.1, 0.15) is 10.4 Å². The molecule has 13 heavy (non-hydrogen) atoms. The fraction of sp³-hybridized carbons (Fsp3) is 0.250. The summed E-state index contributed by atoms with van der Waals surface area (Å²) in [6, 6.07) is 1.30. The molecule has 0 spiro atoms. The predicted molar refractivity (Wildman–Crippen MR) is 49.6 cm³/mol. The summed E-state index contributed by atoms with van der Waals surface area (Å²) in [7, 11) is 0. The van der Waals surface area contributed by atoms with Gasteiger partial charge >= 0.3 is 5.97 Å². The minimum atomic E-state index is -0.502. The maximum Gasteiger partial charge on any atom is 0.341 e. The van der Waals surface area contributed by atoms with E-state index < -0.39 is 5.97 Å². The van der Waals surface area contributed by atoms with Crippen molar-refractivity contribution < 1.29 is 14.6 Å². The Balaban J connectivity index is 2.99. The molecule has 1 heterocycles. The van der Waals surface area contributed by atoms with Crippen LogP contribution in [0.15, 0.2) is 16.9 Å². The van der Waals surface area contributed by atoms with Gasteiger partial charge < -0.3 is 9.84 Å². The number of aromatic nitrogens is 1. The van der Waals surface area contributed by atoms with E-state index in [1.807, 2.05) is 0 Å². The molecule has 0 saturated heterocycles. The number of carbonyl (C=O) groups excluding carboxylic acids is 1. The Morgan fingerprint density at radius 3 is 3.08 bits per heavy atom. The van der Waals surface area contributed by atoms with Gasteiger partial charge in [-0.2, -0.15) is 0 Å². The molecule has 5 heteroatoms. The topological polar surface area (TPSA) is 59.4 Å². The highest BCUT2D eigenvalue weighted by molar-refractivity contribution is 9.10. The van der Waals surface area contributed by atoms with Gasteiger partial charge in [-0.25, -0.2) is 9.78 Å². The second kappa shape index (κ2) is 4.23. The Labute approximate surface area is 83.7 Å². The van der Waals surface area contributed by atoms with Crippen molar-refractivity contribution in [2.75, 3.05) is 6.61 Å². The third-order valence-electron chi connectivity index (χ3n) is 1.32. The van der Waals surface area contributed by atoms with Gasteiger partial charge in [0.25, 0.3) is 0 Å². The van der Waals surface area contributed by atoms with Crippen molar-refractivity contribution in [2.45, 2.75) is 6.92 Å². The average molecular weight is 246 g/mol. The predicted octanol–water partition coefficient (Wildman–Crippen LogP) is 1.73. The van der Waals surface area contributed by atoms with Crippen LogP contribution in [-0.4, -0.2) is 22.7 Å². The SMILES string of the molecule is CCOC(=O)c1cc(O)cnc1Br. The highest BCUT2D eigenvalue weighted by Crippen LogP contribution is 2.19. The number of hydrogen-bond acceptors (Lipinski definition) is 4. The molecule has 0 atom stereocenters. The number of nitrogens with zero attached hydrogens (tertiary/aromatic N) is 1. The van der Waals surface area contributed by atoms with Gasteiger partial charge in [0.15, 0.2) is 0 Å². The lowest BCUT2D eigenvalue weighted by Gasteiger charge is -2.03. The minimum absolute atomic E-state index is 0.0637. The second-order valence-electron chi connectivity index (χ2n) is 2.25. The number of hydrogen-bond donors (Lipinski definition) is 1. The highest BCUT2D eigenvalue weighted by atomic mass is 79.9. The van der Waals surface area contributed by atoms with Gasteiger partial charge in [-0.05, 0) is 28.9 Å². The normalized spacial score (nSPS) is 9.69. The van der Waals surface area contributed by atoms with Crippen LogP contribution in [0.3, 0.4) is 0 Å². The molecular formula is C8H8BrNO3. The smallest absolute Gasteiger partial charge is 0.341 e. The minimum Gasteiger partial charge on any atom is -0.506 e. The van der Waals surface area contributed by atoms with Crippen molar-refractivity contribution in [1.29, 1.82) is 0 Å². The number of pyridine rings is 1. The summed E-state index contributed by atoms with van der Waals surface area (Å²) in [5.74, 6) is -0.566. The Kier molecular flexibility index (Phi) is 3.25. The lowest BCUT2D eigenvalue weighted by Crippen LogP contribution is -2.06. The summed E-state index contributed by atoms with van der Waals surface area (Å²) in [6.07, 6.45) is 1.24. The van der Waals surface area contributed by atoms with E-state index in [4.69, 9.17) is 9.84 Å². The third-order valence-corrected chi connectivity index (χ3v) is 1.95. The Morgan fingerprint density at radius 1 is 1.77 bits per heavy atom. The average Bonchev–Trinajstić information content (AvgIpc) is 2.09. The zero-order valence-corrected chi connectivity index (χ0v) is 8.54. The maximum atomic E-state index is 11.2. The van der Waals surface area contributed by atoms with Crippen molar-refractivity contribution in [3.8, 4) is 5.75 Å². The maximum absolute atomic E-state index is 11.2. The summed E-state index contributed by atoms with van der Waals surface area (Å²) in [4.78, 5) is 15.0. The highest BCUT2D eigenvalue weighted by Gasteiger charge is 2.12. The van der Waals surface area contributed by atoms with Crippen molar-refractivity contribution in [3.05, 3.63) is 22.4 Å². The van der Waals surface area contributed by atoms with E-state index in [0.717, 1.165) is 0 Å². The van der Waals surface area contributed by atoms with Crippen LogP contribution in [-0.2, 0) is 4.74 Å². The van der Waals surface area contributed by atoms with E-state index in [1.54, 1.807) is 6.92 Å². The van der Waals surface area contributed by atoms with Crippen LogP contribution in [0.4, 0.5) is 0 Å². The number of esters is 1. The zero-order chi connectivity index (χ0) is 9.84. The lowest BCUT2D eigenvalue weighted by atomic mass is 10.3. The summed E-state index contributed by atoms with van der Waals surface area (Å²) < 4.78 is 5.11. The fourth-order valence-corrected chi connectivity index (χ4v) is 1.17. The quantitative estimate of drug-likeness (QED) is 0.637. The molecule has 0 amide bonds. The molecule has 0 fully saturated rings. The van der Waals surface area contributed by atoms with Crippen LogP contribution in [0.2, 0.25) is 0 Å². The van der Waals surface area contributed by atoms with Gasteiger partial charge in [0.05, 0.1) is 18.4 Å². The first-order valence-corrected chi connectivity index (χ1v) is 4.46. The molecule has 1 N–H and O–H groups in total. The molecule has 0 aromatic carbocycles. The summed E-state index contributed by atoms with van der Waals surface area (Å²) >= 11 is 3.08. The first-order valence-electron chi connectivity index (χ1n) is 3.66. The largest absolute Gasteiger partial charge is 0.506 e. The van der Waals surface area contributed by atoms with Gasteiger partial charge in [-0.3, -0.25) is 0 Å². The van der Waals surface area contributed by atoms with Gasteiger partial charge in [-0.1, -0.05) is 0 Å². The molecule has 0 saturated carbocycles. The molecule has 1 aromatic rings. The van der Waals surface area contributed by atoms with Crippen LogP contribution in [0, 0.1) is 0 Å². The van der Waals surface area contributed by atoms with E-state index in [0.29, 0.717) is 11.2 Å². The van der Waals surface area contributed by atoms with Crippen LogP contribution >= 0.6 is 15.9 Å². The van der Waals surface area contributed by atoms with E-state index >= 15 is 0 Å². The van der Waals surface area contributed by atoms with Gasteiger partial charge in [-0.15, -0.1) is 0 Å². The molecule has 0 aliphatic carbocycles. The molecule has 4 nitrogen and oxygen atoms in total. The Hall–Kier alpha value is -1.10. The molecular weight excluding hydrogens is 238 g/mol. The molecule has 0 unspecified atom stereocenters. The van der Waals surface area contributed by atoms with Crippen LogP contribution < -0.4 is 0 Å². The molecule has 0 radical (unpaired) electrons. The number of aromatic hydroxyl groups is 1. The van der Waals surface area contributed by atoms with Crippen molar-refractivity contribution in [3.63, 3.8) is 0 Å². The number of ether oxygens (including phenoxy) is 1. The lowest BCUT2D eigenvalue weighted by molar-refractivity contribution is 0.0524.